The van der Waals surface area contributed by atoms with E-state index in [9.17, 15) is 18.7 Å². The first kappa shape index (κ1) is 19.6. The molecule has 7 heteroatoms. The number of likely N-dealkylation sites (N-methyl/N-ethyl adjacent to an activating group) is 1. The highest BCUT2D eigenvalue weighted by molar-refractivity contribution is 5.85. The molecular formula is C23H24F2NO4+. The first-order valence-electron chi connectivity index (χ1n) is 10.2. The first-order valence-corrected chi connectivity index (χ1v) is 10.2. The van der Waals surface area contributed by atoms with Crippen LogP contribution in [0, 0.1) is 11.6 Å². The third-order valence-electron chi connectivity index (χ3n) is 7.09. The molecule has 0 radical (unpaired) electrons. The van der Waals surface area contributed by atoms with Gasteiger partial charge in [-0.25, -0.2) is 13.6 Å². The molecule has 30 heavy (non-hydrogen) atoms. The molecule has 0 saturated carbocycles. The van der Waals surface area contributed by atoms with E-state index in [0.717, 1.165) is 16.6 Å². The number of epoxide rings is 1. The maximum Gasteiger partial charge on any atom is 0.347 e. The number of quaternary nitrogens is 1. The molecule has 3 aliphatic heterocycles. The van der Waals surface area contributed by atoms with Crippen LogP contribution in [0.15, 0.2) is 48.5 Å². The zero-order valence-corrected chi connectivity index (χ0v) is 16.8. The van der Waals surface area contributed by atoms with Gasteiger partial charge in [-0.1, -0.05) is 24.3 Å². The summed E-state index contributed by atoms with van der Waals surface area (Å²) in [4.78, 5) is 13.3. The number of morpholine rings is 1. The van der Waals surface area contributed by atoms with Crippen LogP contribution in [0.4, 0.5) is 8.78 Å². The highest BCUT2D eigenvalue weighted by atomic mass is 19.1. The molecular weight excluding hydrogens is 392 g/mol. The van der Waals surface area contributed by atoms with E-state index in [1.54, 1.807) is 0 Å². The van der Waals surface area contributed by atoms with Crippen LogP contribution in [-0.2, 0) is 19.9 Å². The van der Waals surface area contributed by atoms with Gasteiger partial charge >= 0.3 is 5.97 Å². The Morgan fingerprint density at radius 2 is 1.53 bits per heavy atom. The van der Waals surface area contributed by atoms with Gasteiger partial charge in [0.1, 0.15) is 42.0 Å². The molecule has 1 N–H and O–H groups in total. The average Bonchev–Trinajstić information content (AvgIpc) is 3.45. The monoisotopic (exact) mass is 416 g/mol. The molecule has 2 bridgehead atoms. The van der Waals surface area contributed by atoms with Gasteiger partial charge in [-0.15, -0.1) is 0 Å². The van der Waals surface area contributed by atoms with Gasteiger partial charge in [-0.05, 0) is 24.3 Å². The van der Waals surface area contributed by atoms with Gasteiger partial charge in [-0.2, -0.15) is 0 Å². The third kappa shape index (κ3) is 2.87. The van der Waals surface area contributed by atoms with E-state index < -0.39 is 23.2 Å². The molecule has 5 rings (SSSR count). The first-order chi connectivity index (χ1) is 14.2. The summed E-state index contributed by atoms with van der Waals surface area (Å²) >= 11 is 0. The second-order valence-corrected chi connectivity index (χ2v) is 9.06. The van der Waals surface area contributed by atoms with E-state index in [1.165, 1.54) is 36.4 Å². The molecule has 2 aromatic rings. The summed E-state index contributed by atoms with van der Waals surface area (Å²) in [6.45, 7) is 0. The smallest absolute Gasteiger partial charge is 0.347 e. The lowest BCUT2D eigenvalue weighted by atomic mass is 9.86. The van der Waals surface area contributed by atoms with Crippen molar-refractivity contribution in [3.63, 3.8) is 0 Å². The number of ether oxygens (including phenoxy) is 2. The minimum atomic E-state index is -2.31. The lowest BCUT2D eigenvalue weighted by Gasteiger charge is -2.45. The molecule has 2 aromatic carbocycles. The Morgan fingerprint density at radius 3 is 2.00 bits per heavy atom. The molecule has 3 fully saturated rings. The van der Waals surface area contributed by atoms with Crippen LogP contribution >= 0.6 is 0 Å². The van der Waals surface area contributed by atoms with Crippen molar-refractivity contribution >= 4 is 5.97 Å². The Hall–Kier alpha value is -2.35. The predicted octanol–water partition coefficient (Wildman–Crippen LogP) is 2.50. The molecule has 3 heterocycles. The van der Waals surface area contributed by atoms with Gasteiger partial charge in [0.05, 0.1) is 14.1 Å². The summed E-state index contributed by atoms with van der Waals surface area (Å²) in [7, 11) is 4.33. The molecule has 0 amide bonds. The van der Waals surface area contributed by atoms with Crippen molar-refractivity contribution in [2.45, 2.75) is 48.8 Å². The molecule has 0 aromatic heterocycles. The number of piperidine rings is 1. The zero-order chi connectivity index (χ0) is 21.3. The van der Waals surface area contributed by atoms with Gasteiger partial charge in [0, 0.05) is 24.0 Å². The van der Waals surface area contributed by atoms with E-state index in [2.05, 4.69) is 14.1 Å². The maximum absolute atomic E-state index is 13.9. The SMILES string of the molecule is C[N+]1(C)C2CC(OC(=O)C(O)(c3cccc(F)c3)c3cccc(F)c3)C[C@H]1[C@@H]1OC21. The van der Waals surface area contributed by atoms with Crippen molar-refractivity contribution in [1.82, 2.24) is 0 Å². The number of carbonyl (C=O) groups excluding carboxylic acids is 1. The molecule has 5 nitrogen and oxygen atoms in total. The number of nitrogens with zero attached hydrogens (tertiary/aromatic N) is 1. The summed E-state index contributed by atoms with van der Waals surface area (Å²) in [5.41, 5.74) is -2.32. The fraction of sp³-hybridized carbons (Fsp3) is 0.435. The summed E-state index contributed by atoms with van der Waals surface area (Å²) in [5, 5.41) is 11.5. The molecule has 3 saturated heterocycles. The summed E-state index contributed by atoms with van der Waals surface area (Å²) < 4.78 is 40.2. The number of benzene rings is 2. The molecule has 158 valence electrons. The zero-order valence-electron chi connectivity index (χ0n) is 16.8. The van der Waals surface area contributed by atoms with Crippen molar-refractivity contribution in [3.05, 3.63) is 71.3 Å². The Balaban J connectivity index is 1.46. The van der Waals surface area contributed by atoms with Crippen LogP contribution < -0.4 is 0 Å². The van der Waals surface area contributed by atoms with E-state index >= 15 is 0 Å². The largest absolute Gasteiger partial charge is 0.459 e. The topological polar surface area (TPSA) is 59.1 Å². The highest BCUT2D eigenvalue weighted by Gasteiger charge is 2.71. The van der Waals surface area contributed by atoms with Crippen LogP contribution in [-0.4, -0.2) is 60.0 Å². The Kier molecular flexibility index (Phi) is 4.29. The van der Waals surface area contributed by atoms with Gasteiger partial charge in [0.2, 0.25) is 5.60 Å². The standard InChI is InChI=1S/C23H24F2NO4/c1-26(2)18-11-17(12-19(26)21-20(18)30-21)29-22(27)23(28,13-5-3-7-15(24)9-13)14-6-4-8-16(25)10-14/h3-10,17-21,28H,11-12H2,1-2H3/q+1/t17?,18-,19?,20-,21?/m0/s1. The Labute approximate surface area is 173 Å². The number of hydrogen-bond acceptors (Lipinski definition) is 4. The van der Waals surface area contributed by atoms with E-state index in [-0.39, 0.29) is 41.5 Å². The van der Waals surface area contributed by atoms with Crippen LogP contribution in [0.5, 0.6) is 0 Å². The number of fused-ring (bicyclic) bond motifs is 5. The quantitative estimate of drug-likeness (QED) is 0.473. The van der Waals surface area contributed by atoms with Crippen molar-refractivity contribution < 1.29 is 32.6 Å². The summed E-state index contributed by atoms with van der Waals surface area (Å²) in [5.74, 6) is -2.14. The van der Waals surface area contributed by atoms with Crippen LogP contribution in [0.3, 0.4) is 0 Å². The van der Waals surface area contributed by atoms with Crippen molar-refractivity contribution in [3.8, 4) is 0 Å². The molecule has 3 unspecified atom stereocenters. The van der Waals surface area contributed by atoms with Gasteiger partial charge in [0.15, 0.2) is 0 Å². The predicted molar refractivity (Wildman–Crippen MR) is 103 cm³/mol. The lowest BCUT2D eigenvalue weighted by Crippen LogP contribution is -2.60. The highest BCUT2D eigenvalue weighted by Crippen LogP contribution is 2.52. The minimum absolute atomic E-state index is 0.000766. The number of rotatable bonds is 4. The van der Waals surface area contributed by atoms with E-state index in [0.29, 0.717) is 12.8 Å². The Bertz CT molecular complexity index is 945. The number of halogens is 2. The van der Waals surface area contributed by atoms with Crippen LogP contribution in [0.1, 0.15) is 24.0 Å². The fourth-order valence-electron chi connectivity index (χ4n) is 5.37. The van der Waals surface area contributed by atoms with E-state index in [4.69, 9.17) is 9.47 Å². The molecule has 3 aliphatic rings. The summed E-state index contributed by atoms with van der Waals surface area (Å²) in [6.07, 6.45) is 1.25. The van der Waals surface area contributed by atoms with Gasteiger partial charge in [-0.3, -0.25) is 0 Å². The number of esters is 1. The Morgan fingerprint density at radius 1 is 1.03 bits per heavy atom. The summed E-state index contributed by atoms with van der Waals surface area (Å²) in [6, 6.07) is 10.7. The third-order valence-corrected chi connectivity index (χ3v) is 7.09. The van der Waals surface area contributed by atoms with E-state index in [1.807, 2.05) is 0 Å². The van der Waals surface area contributed by atoms with Gasteiger partial charge in [0.25, 0.3) is 0 Å². The number of carbonyl (C=O) groups is 1. The maximum atomic E-state index is 13.9. The lowest BCUT2D eigenvalue weighted by molar-refractivity contribution is -0.938. The van der Waals surface area contributed by atoms with Crippen molar-refractivity contribution in [2.24, 2.45) is 0 Å². The average molecular weight is 416 g/mol. The molecule has 0 aliphatic carbocycles. The normalized spacial score (nSPS) is 31.2. The minimum Gasteiger partial charge on any atom is -0.459 e. The molecule has 5 atom stereocenters. The van der Waals surface area contributed by atoms with Crippen LogP contribution in [0.25, 0.3) is 0 Å². The number of aliphatic hydroxyl groups is 1. The fourth-order valence-corrected chi connectivity index (χ4v) is 5.37. The second-order valence-electron chi connectivity index (χ2n) is 9.06. The number of hydrogen-bond donors (Lipinski definition) is 1. The van der Waals surface area contributed by atoms with Crippen molar-refractivity contribution in [2.75, 3.05) is 14.1 Å². The second kappa shape index (κ2) is 6.57. The van der Waals surface area contributed by atoms with Gasteiger partial charge < -0.3 is 19.1 Å². The molecule has 0 spiro atoms. The van der Waals surface area contributed by atoms with Crippen molar-refractivity contribution in [1.29, 1.82) is 0 Å². The van der Waals surface area contributed by atoms with Crippen LogP contribution in [0.2, 0.25) is 0 Å².